The average molecular weight is 218 g/mol. The van der Waals surface area contributed by atoms with Crippen LogP contribution in [0.5, 0.6) is 0 Å². The molecule has 5 nitrogen and oxygen atoms in total. The van der Waals surface area contributed by atoms with Crippen molar-refractivity contribution in [2.24, 2.45) is 5.92 Å². The monoisotopic (exact) mass is 218 g/mol. The highest BCUT2D eigenvalue weighted by molar-refractivity contribution is 5.41. The van der Waals surface area contributed by atoms with Crippen LogP contribution in [0.15, 0.2) is 10.9 Å². The lowest BCUT2D eigenvalue weighted by atomic mass is 9.85. The van der Waals surface area contributed by atoms with Crippen molar-refractivity contribution in [2.45, 2.75) is 19.3 Å². The summed E-state index contributed by atoms with van der Waals surface area (Å²) in [4.78, 5) is 19.4. The third-order valence-electron chi connectivity index (χ3n) is 3.00. The molecule has 0 bridgehead atoms. The molecule has 0 atom stereocenters. The van der Waals surface area contributed by atoms with Gasteiger partial charge in [-0.25, -0.2) is 4.79 Å². The molecule has 1 aromatic heterocycles. The Labute approximate surface area is 93.7 Å². The van der Waals surface area contributed by atoms with Crippen molar-refractivity contribution in [1.29, 1.82) is 5.26 Å². The zero-order valence-electron chi connectivity index (χ0n) is 9.23. The van der Waals surface area contributed by atoms with Gasteiger partial charge in [0.05, 0.1) is 0 Å². The first-order valence-electron chi connectivity index (χ1n) is 5.41. The first-order valence-corrected chi connectivity index (χ1v) is 5.41. The van der Waals surface area contributed by atoms with E-state index in [1.54, 1.807) is 6.07 Å². The van der Waals surface area contributed by atoms with Crippen molar-refractivity contribution in [3.05, 3.63) is 22.2 Å². The number of H-pyrrole nitrogens is 1. The second kappa shape index (κ2) is 4.35. The summed E-state index contributed by atoms with van der Waals surface area (Å²) in [7, 11) is 1.90. The molecule has 0 aliphatic heterocycles. The number of aromatic amines is 1. The highest BCUT2D eigenvalue weighted by Crippen LogP contribution is 2.27. The normalized spacial score (nSPS) is 15.2. The van der Waals surface area contributed by atoms with Gasteiger partial charge in [-0.3, -0.25) is 4.98 Å². The Kier molecular flexibility index (Phi) is 2.91. The van der Waals surface area contributed by atoms with Crippen LogP contribution in [-0.2, 0) is 0 Å². The van der Waals surface area contributed by atoms with E-state index >= 15 is 0 Å². The maximum absolute atomic E-state index is 11.2. The molecule has 1 N–H and O–H groups in total. The van der Waals surface area contributed by atoms with Crippen molar-refractivity contribution >= 4 is 5.82 Å². The first-order chi connectivity index (χ1) is 7.69. The Morgan fingerprint density at radius 3 is 3.00 bits per heavy atom. The molecule has 1 saturated carbocycles. The van der Waals surface area contributed by atoms with Crippen LogP contribution < -0.4 is 10.6 Å². The van der Waals surface area contributed by atoms with E-state index in [4.69, 9.17) is 5.26 Å². The molecule has 1 aliphatic carbocycles. The van der Waals surface area contributed by atoms with Gasteiger partial charge in [0.2, 0.25) is 0 Å². The number of hydrogen-bond donors (Lipinski definition) is 1. The Morgan fingerprint density at radius 1 is 1.69 bits per heavy atom. The molecule has 0 aromatic carbocycles. The minimum absolute atomic E-state index is 0.260. The summed E-state index contributed by atoms with van der Waals surface area (Å²) in [6.07, 6.45) is 3.79. The largest absolute Gasteiger partial charge is 0.359 e. The predicted octanol–water partition coefficient (Wildman–Crippen LogP) is 0.878. The molecule has 1 fully saturated rings. The molecule has 0 radical (unpaired) electrons. The number of nitriles is 1. The number of rotatable bonds is 3. The summed E-state index contributed by atoms with van der Waals surface area (Å²) in [6, 6.07) is 3.53. The predicted molar refractivity (Wildman–Crippen MR) is 60.2 cm³/mol. The fourth-order valence-corrected chi connectivity index (χ4v) is 1.86. The lowest BCUT2D eigenvalue weighted by Crippen LogP contribution is -2.31. The molecule has 0 unspecified atom stereocenters. The third kappa shape index (κ3) is 2.22. The molecule has 0 spiro atoms. The van der Waals surface area contributed by atoms with Gasteiger partial charge in [-0.1, -0.05) is 6.42 Å². The maximum Gasteiger partial charge on any atom is 0.347 e. The van der Waals surface area contributed by atoms with Crippen molar-refractivity contribution in [1.82, 2.24) is 9.97 Å². The molecule has 1 aromatic rings. The zero-order chi connectivity index (χ0) is 11.5. The summed E-state index contributed by atoms with van der Waals surface area (Å²) in [5, 5.41) is 8.74. The number of nitrogens with zero attached hydrogens (tertiary/aromatic N) is 3. The van der Waals surface area contributed by atoms with Gasteiger partial charge in [-0.15, -0.1) is 0 Å². The highest BCUT2D eigenvalue weighted by atomic mass is 16.1. The summed E-state index contributed by atoms with van der Waals surface area (Å²) in [5.41, 5.74) is -0.204. The van der Waals surface area contributed by atoms with Gasteiger partial charge in [-0.2, -0.15) is 10.2 Å². The smallest absolute Gasteiger partial charge is 0.347 e. The van der Waals surface area contributed by atoms with E-state index in [1.165, 1.54) is 19.3 Å². The van der Waals surface area contributed by atoms with Crippen LogP contribution in [0.3, 0.4) is 0 Å². The summed E-state index contributed by atoms with van der Waals surface area (Å²) < 4.78 is 0. The quantitative estimate of drug-likeness (QED) is 0.817. The van der Waals surface area contributed by atoms with Crippen LogP contribution in [0.4, 0.5) is 5.82 Å². The van der Waals surface area contributed by atoms with Gasteiger partial charge >= 0.3 is 5.69 Å². The highest BCUT2D eigenvalue weighted by Gasteiger charge is 2.19. The fraction of sp³-hybridized carbons (Fsp3) is 0.545. The summed E-state index contributed by atoms with van der Waals surface area (Å²) >= 11 is 0. The molecule has 1 heterocycles. The van der Waals surface area contributed by atoms with Gasteiger partial charge in [-0.05, 0) is 18.8 Å². The van der Waals surface area contributed by atoms with Crippen LogP contribution in [0.1, 0.15) is 25.0 Å². The van der Waals surface area contributed by atoms with E-state index in [-0.39, 0.29) is 5.69 Å². The summed E-state index contributed by atoms with van der Waals surface area (Å²) in [6.45, 7) is 0.904. The minimum Gasteiger partial charge on any atom is -0.359 e. The number of anilines is 1. The average Bonchev–Trinajstić information content (AvgIpc) is 2.22. The van der Waals surface area contributed by atoms with Gasteiger partial charge in [0.15, 0.2) is 0 Å². The lowest BCUT2D eigenvalue weighted by molar-refractivity contribution is 0.321. The Morgan fingerprint density at radius 2 is 2.44 bits per heavy atom. The number of nitrogens with one attached hydrogen (secondary N) is 1. The molecule has 0 amide bonds. The molecule has 2 rings (SSSR count). The molecule has 1 aliphatic rings. The lowest BCUT2D eigenvalue weighted by Gasteiger charge is -2.30. The Hall–Kier alpha value is -1.83. The first kappa shape index (κ1) is 10.7. The van der Waals surface area contributed by atoms with E-state index in [0.717, 1.165) is 6.54 Å². The summed E-state index contributed by atoms with van der Waals surface area (Å²) in [5.74, 6) is 1.28. The standard InChI is InChI=1S/C11H14N4O/c1-15(7-8-3-2-4-8)10-5-9(6-12)13-11(16)14-10/h5,8H,2-4,7H2,1H3,(H,13,14,16). The topological polar surface area (TPSA) is 72.8 Å². The third-order valence-corrected chi connectivity index (χ3v) is 3.00. The molecular formula is C11H14N4O. The van der Waals surface area contributed by atoms with E-state index in [1.807, 2.05) is 18.0 Å². The van der Waals surface area contributed by atoms with E-state index in [9.17, 15) is 4.79 Å². The SMILES string of the molecule is CN(CC1CCC1)c1cc(C#N)[nH]c(=O)n1. The molecule has 16 heavy (non-hydrogen) atoms. The molecular weight excluding hydrogens is 204 g/mol. The minimum atomic E-state index is -0.463. The second-order valence-corrected chi connectivity index (χ2v) is 4.25. The van der Waals surface area contributed by atoms with Crippen LogP contribution in [0.25, 0.3) is 0 Å². The van der Waals surface area contributed by atoms with Crippen LogP contribution in [0.2, 0.25) is 0 Å². The van der Waals surface area contributed by atoms with E-state index in [0.29, 0.717) is 11.7 Å². The van der Waals surface area contributed by atoms with Crippen LogP contribution in [0, 0.1) is 17.2 Å². The van der Waals surface area contributed by atoms with Crippen molar-refractivity contribution in [3.63, 3.8) is 0 Å². The molecule has 84 valence electrons. The van der Waals surface area contributed by atoms with Crippen LogP contribution >= 0.6 is 0 Å². The fourth-order valence-electron chi connectivity index (χ4n) is 1.86. The van der Waals surface area contributed by atoms with Crippen molar-refractivity contribution < 1.29 is 0 Å². The van der Waals surface area contributed by atoms with Crippen molar-refractivity contribution in [3.8, 4) is 6.07 Å². The van der Waals surface area contributed by atoms with Gasteiger partial charge in [0.25, 0.3) is 0 Å². The van der Waals surface area contributed by atoms with Crippen LogP contribution in [-0.4, -0.2) is 23.6 Å². The van der Waals surface area contributed by atoms with E-state index in [2.05, 4.69) is 9.97 Å². The molecule has 0 saturated heterocycles. The zero-order valence-corrected chi connectivity index (χ0v) is 9.23. The number of hydrogen-bond acceptors (Lipinski definition) is 4. The Balaban J connectivity index is 2.15. The second-order valence-electron chi connectivity index (χ2n) is 4.25. The Bertz CT molecular complexity index is 470. The number of aromatic nitrogens is 2. The van der Waals surface area contributed by atoms with Gasteiger partial charge < -0.3 is 4.90 Å². The van der Waals surface area contributed by atoms with Gasteiger partial charge in [0.1, 0.15) is 17.6 Å². The van der Waals surface area contributed by atoms with E-state index < -0.39 is 5.69 Å². The van der Waals surface area contributed by atoms with Gasteiger partial charge in [0, 0.05) is 19.7 Å². The van der Waals surface area contributed by atoms with Crippen molar-refractivity contribution in [2.75, 3.05) is 18.5 Å². The molecule has 5 heteroatoms. The maximum atomic E-state index is 11.2.